The van der Waals surface area contributed by atoms with Gasteiger partial charge >= 0.3 is 0 Å². The van der Waals surface area contributed by atoms with Crippen molar-refractivity contribution >= 4 is 52.5 Å². The first kappa shape index (κ1) is 22.0. The van der Waals surface area contributed by atoms with Crippen LogP contribution in [0.2, 0.25) is 10.0 Å². The molecule has 5 nitrogen and oxygen atoms in total. The van der Waals surface area contributed by atoms with E-state index in [1.165, 1.54) is 16.7 Å². The van der Waals surface area contributed by atoms with Crippen LogP contribution < -0.4 is 4.90 Å². The molecule has 0 N–H and O–H groups in total. The number of hydrogen-bond donors (Lipinski definition) is 0. The van der Waals surface area contributed by atoms with Gasteiger partial charge in [0.25, 0.3) is 0 Å². The second-order valence-corrected chi connectivity index (χ2v) is 10.1. The summed E-state index contributed by atoms with van der Waals surface area (Å²) in [6.07, 6.45) is 2.14. The Kier molecular flexibility index (Phi) is 5.88. The first-order valence-corrected chi connectivity index (χ1v) is 12.1. The van der Waals surface area contributed by atoms with Gasteiger partial charge in [-0.25, -0.2) is 9.88 Å². The fraction of sp³-hybridized carbons (Fsp3) is 0.200. The molecule has 164 valence electrons. The molecule has 1 atom stereocenters. The number of pyridine rings is 1. The number of nitrogens with zero attached hydrogens (tertiary/aromatic N) is 3. The van der Waals surface area contributed by atoms with E-state index in [0.29, 0.717) is 32.2 Å². The highest BCUT2D eigenvalue weighted by molar-refractivity contribution is 8.00. The normalized spacial score (nSPS) is 18.0. The number of halogens is 2. The van der Waals surface area contributed by atoms with Crippen molar-refractivity contribution in [1.82, 2.24) is 4.98 Å². The van der Waals surface area contributed by atoms with E-state index in [4.69, 9.17) is 28.2 Å². The summed E-state index contributed by atoms with van der Waals surface area (Å²) in [5.74, 6) is -0.243. The van der Waals surface area contributed by atoms with Gasteiger partial charge in [-0.05, 0) is 60.9 Å². The Labute approximate surface area is 205 Å². The van der Waals surface area contributed by atoms with Crippen molar-refractivity contribution < 1.29 is 9.59 Å². The second kappa shape index (κ2) is 8.83. The van der Waals surface area contributed by atoms with Gasteiger partial charge in [0, 0.05) is 33.6 Å². The molecule has 1 aromatic heterocycles. The van der Waals surface area contributed by atoms with E-state index >= 15 is 0 Å². The summed E-state index contributed by atoms with van der Waals surface area (Å²) in [7, 11) is 0. The van der Waals surface area contributed by atoms with E-state index < -0.39 is 5.25 Å². The number of carbonyl (C=O) groups excluding carboxylic acids is 2. The highest BCUT2D eigenvalue weighted by Gasteiger charge is 2.41. The Hall–Kier alpha value is -2.85. The van der Waals surface area contributed by atoms with Crippen LogP contribution in [0, 0.1) is 11.3 Å². The third kappa shape index (κ3) is 4.37. The molecular formula is C25H17Cl2N3O2S. The van der Waals surface area contributed by atoms with Crippen LogP contribution in [0.5, 0.6) is 0 Å². The molecule has 2 aliphatic rings. The summed E-state index contributed by atoms with van der Waals surface area (Å²) in [5.41, 5.74) is 3.42. The maximum Gasteiger partial charge on any atom is 0.247 e. The third-order valence-corrected chi connectivity index (χ3v) is 7.39. The number of amides is 2. The maximum absolute atomic E-state index is 13.2. The summed E-state index contributed by atoms with van der Waals surface area (Å²) < 4.78 is 0. The molecule has 2 fully saturated rings. The molecule has 0 spiro atoms. The Morgan fingerprint density at radius 2 is 1.64 bits per heavy atom. The molecule has 33 heavy (non-hydrogen) atoms. The van der Waals surface area contributed by atoms with Crippen LogP contribution >= 0.6 is 35.0 Å². The number of nitriles is 1. The van der Waals surface area contributed by atoms with E-state index in [2.05, 4.69) is 6.07 Å². The highest BCUT2D eigenvalue weighted by Crippen LogP contribution is 2.44. The summed E-state index contributed by atoms with van der Waals surface area (Å²) in [6.45, 7) is 0. The van der Waals surface area contributed by atoms with Gasteiger partial charge in [-0.3, -0.25) is 9.59 Å². The van der Waals surface area contributed by atoms with Crippen LogP contribution in [-0.4, -0.2) is 22.0 Å². The lowest BCUT2D eigenvalue weighted by Crippen LogP contribution is -2.31. The number of anilines is 1. The molecular weight excluding hydrogens is 477 g/mol. The second-order valence-electron chi connectivity index (χ2n) is 8.02. The molecule has 2 amide bonds. The van der Waals surface area contributed by atoms with Crippen LogP contribution in [0.15, 0.2) is 59.6 Å². The van der Waals surface area contributed by atoms with E-state index in [9.17, 15) is 14.9 Å². The lowest BCUT2D eigenvalue weighted by Gasteiger charge is -2.16. The van der Waals surface area contributed by atoms with Crippen LogP contribution in [0.3, 0.4) is 0 Å². The molecule has 2 heterocycles. The number of thioether (sulfide) groups is 1. The summed E-state index contributed by atoms with van der Waals surface area (Å²) in [5, 5.41) is 11.0. The predicted octanol–water partition coefficient (Wildman–Crippen LogP) is 6.23. The van der Waals surface area contributed by atoms with Gasteiger partial charge in [0.1, 0.15) is 11.1 Å². The van der Waals surface area contributed by atoms with Crippen molar-refractivity contribution in [2.45, 2.75) is 35.5 Å². The average Bonchev–Trinajstić information content (AvgIpc) is 3.61. The third-order valence-electron chi connectivity index (χ3n) is 5.71. The number of benzene rings is 2. The van der Waals surface area contributed by atoms with E-state index in [1.54, 1.807) is 36.4 Å². The van der Waals surface area contributed by atoms with Gasteiger partial charge in [-0.1, -0.05) is 47.1 Å². The Morgan fingerprint density at radius 1 is 1.00 bits per heavy atom. The molecule has 2 aromatic carbocycles. The van der Waals surface area contributed by atoms with Crippen molar-refractivity contribution in [2.75, 3.05) is 4.90 Å². The average molecular weight is 494 g/mol. The van der Waals surface area contributed by atoms with Gasteiger partial charge in [0.2, 0.25) is 11.8 Å². The molecule has 0 bridgehead atoms. The van der Waals surface area contributed by atoms with E-state index in [0.717, 1.165) is 29.7 Å². The summed E-state index contributed by atoms with van der Waals surface area (Å²) in [4.78, 5) is 31.8. The van der Waals surface area contributed by atoms with Gasteiger partial charge < -0.3 is 0 Å². The smallest absolute Gasteiger partial charge is 0.247 e. The SMILES string of the molecule is N#Cc1c(-c2ccc(Cl)cc2)cc(C2CC2)nc1SC1CC(=O)N(c2ccc(Cl)cc2)C1=O. The van der Waals surface area contributed by atoms with Crippen LogP contribution in [0.1, 0.15) is 36.4 Å². The predicted molar refractivity (Wildman–Crippen MR) is 130 cm³/mol. The maximum atomic E-state index is 13.2. The fourth-order valence-electron chi connectivity index (χ4n) is 3.87. The van der Waals surface area contributed by atoms with Crippen molar-refractivity contribution in [3.8, 4) is 17.2 Å². The van der Waals surface area contributed by atoms with Crippen LogP contribution in [0.4, 0.5) is 5.69 Å². The summed E-state index contributed by atoms with van der Waals surface area (Å²) >= 11 is 13.2. The number of carbonyl (C=O) groups is 2. The highest BCUT2D eigenvalue weighted by atomic mass is 35.5. The fourth-order valence-corrected chi connectivity index (χ4v) is 5.26. The quantitative estimate of drug-likeness (QED) is 0.393. The minimum Gasteiger partial charge on any atom is -0.274 e. The van der Waals surface area contributed by atoms with E-state index in [-0.39, 0.29) is 18.2 Å². The monoisotopic (exact) mass is 493 g/mol. The first-order chi connectivity index (χ1) is 15.9. The van der Waals surface area contributed by atoms with Gasteiger partial charge in [-0.15, -0.1) is 0 Å². The van der Waals surface area contributed by atoms with Crippen molar-refractivity contribution in [1.29, 1.82) is 5.26 Å². The van der Waals surface area contributed by atoms with Crippen molar-refractivity contribution in [2.24, 2.45) is 0 Å². The first-order valence-electron chi connectivity index (χ1n) is 10.4. The van der Waals surface area contributed by atoms with Crippen molar-refractivity contribution in [3.63, 3.8) is 0 Å². The lowest BCUT2D eigenvalue weighted by atomic mass is 10.0. The Bertz CT molecular complexity index is 1300. The molecule has 1 aliphatic heterocycles. The zero-order valence-corrected chi connectivity index (χ0v) is 19.6. The number of rotatable bonds is 5. The molecule has 1 saturated carbocycles. The van der Waals surface area contributed by atoms with Gasteiger partial charge in [0.15, 0.2) is 0 Å². The number of hydrogen-bond acceptors (Lipinski definition) is 5. The number of imide groups is 1. The molecule has 8 heteroatoms. The zero-order valence-electron chi connectivity index (χ0n) is 17.3. The molecule has 1 saturated heterocycles. The topological polar surface area (TPSA) is 74.1 Å². The van der Waals surface area contributed by atoms with Crippen LogP contribution in [-0.2, 0) is 9.59 Å². The summed E-state index contributed by atoms with van der Waals surface area (Å²) in [6, 6.07) is 18.1. The van der Waals surface area contributed by atoms with Gasteiger partial charge in [0.05, 0.1) is 16.5 Å². The molecule has 1 unspecified atom stereocenters. The minimum atomic E-state index is -0.653. The standard InChI is InChI=1S/C25H17Cl2N3O2S/c26-16-5-3-14(4-6-16)19-11-21(15-1-2-15)29-24(20(19)13-28)33-22-12-23(31)30(25(22)32)18-9-7-17(27)8-10-18/h3-11,15,22H,1-2,12H2. The van der Waals surface area contributed by atoms with Crippen molar-refractivity contribution in [3.05, 3.63) is 75.9 Å². The number of aromatic nitrogens is 1. The van der Waals surface area contributed by atoms with E-state index in [1.807, 2.05) is 18.2 Å². The molecule has 5 rings (SSSR count). The van der Waals surface area contributed by atoms with Gasteiger partial charge in [-0.2, -0.15) is 5.26 Å². The largest absolute Gasteiger partial charge is 0.274 e. The zero-order chi connectivity index (χ0) is 23.1. The minimum absolute atomic E-state index is 0.0443. The lowest BCUT2D eigenvalue weighted by molar-refractivity contribution is -0.121. The Balaban J connectivity index is 1.51. The van der Waals surface area contributed by atoms with Crippen LogP contribution in [0.25, 0.3) is 11.1 Å². The molecule has 1 aliphatic carbocycles. The Morgan fingerprint density at radius 3 is 2.24 bits per heavy atom. The molecule has 3 aromatic rings. The molecule has 0 radical (unpaired) electrons.